The number of rotatable bonds is 3. The lowest BCUT2D eigenvalue weighted by atomic mass is 10.1. The maximum atomic E-state index is 13.0. The second-order valence-electron chi connectivity index (χ2n) is 11.6. The molecule has 6 bridgehead atoms. The minimum Gasteiger partial charge on any atom is -0.494 e. The van der Waals surface area contributed by atoms with Gasteiger partial charge in [0.25, 0.3) is 0 Å². The first kappa shape index (κ1) is 35.0. The molecule has 0 unspecified atom stereocenters. The first-order chi connectivity index (χ1) is 22.3. The second kappa shape index (κ2) is 15.6. The van der Waals surface area contributed by atoms with Gasteiger partial charge in [0.15, 0.2) is 6.61 Å². The molecule has 1 N–H and O–H groups in total. The fourth-order valence-corrected chi connectivity index (χ4v) is 4.41. The van der Waals surface area contributed by atoms with Gasteiger partial charge in [0.05, 0.1) is 20.3 Å². The quantitative estimate of drug-likeness (QED) is 0.352. The molecule has 0 spiro atoms. The maximum Gasteiger partial charge on any atom is 0.422 e. The van der Waals surface area contributed by atoms with Crippen molar-refractivity contribution < 1.29 is 46.4 Å². The van der Waals surface area contributed by atoms with Crippen molar-refractivity contribution in [2.24, 2.45) is 0 Å². The summed E-state index contributed by atoms with van der Waals surface area (Å²) < 4.78 is 65.9. The van der Waals surface area contributed by atoms with Crippen LogP contribution in [0.1, 0.15) is 60.9 Å². The van der Waals surface area contributed by atoms with Gasteiger partial charge in [-0.3, -0.25) is 0 Å². The van der Waals surface area contributed by atoms with Crippen LogP contribution in [0.15, 0.2) is 42.5 Å². The number of aromatic nitrogens is 3. The van der Waals surface area contributed by atoms with Crippen LogP contribution < -0.4 is 19.5 Å². The van der Waals surface area contributed by atoms with Crippen molar-refractivity contribution in [3.63, 3.8) is 0 Å². The van der Waals surface area contributed by atoms with E-state index in [4.69, 9.17) is 23.7 Å². The molecule has 2 aliphatic heterocycles. The number of alkyl halides is 3. The number of hydrogen-bond acceptors (Lipinski definition) is 11. The summed E-state index contributed by atoms with van der Waals surface area (Å²) in [7, 11) is 1.25. The van der Waals surface area contributed by atoms with Crippen LogP contribution >= 0.6 is 0 Å². The number of fused-ring (bicyclic) bond motifs is 11. The largest absolute Gasteiger partial charge is 0.494 e. The molecule has 0 saturated heterocycles. The summed E-state index contributed by atoms with van der Waals surface area (Å²) >= 11 is 0. The number of hydrogen-bond donors (Lipinski definition) is 1. The van der Waals surface area contributed by atoms with E-state index in [-0.39, 0.29) is 42.7 Å². The predicted octanol–water partition coefficient (Wildman–Crippen LogP) is 5.59. The molecule has 1 amide bonds. The average Bonchev–Trinajstić information content (AvgIpc) is 3.00. The van der Waals surface area contributed by atoms with Gasteiger partial charge in [0.2, 0.25) is 5.95 Å². The Bertz CT molecular complexity index is 1510. The number of nitrogens with one attached hydrogen (secondary N) is 1. The normalized spacial score (nSPS) is 14.7. The summed E-state index contributed by atoms with van der Waals surface area (Å²) in [6, 6.07) is 11.5. The van der Waals surface area contributed by atoms with Gasteiger partial charge >= 0.3 is 24.2 Å². The first-order valence-electron chi connectivity index (χ1n) is 15.0. The lowest BCUT2D eigenvalue weighted by molar-refractivity contribution is -0.154. The molecule has 0 atom stereocenters. The zero-order valence-corrected chi connectivity index (χ0v) is 26.7. The van der Waals surface area contributed by atoms with E-state index in [0.717, 1.165) is 5.56 Å². The topological polar surface area (TPSA) is 134 Å². The van der Waals surface area contributed by atoms with Crippen LogP contribution in [-0.2, 0) is 22.4 Å². The Kier molecular flexibility index (Phi) is 11.7. The lowest BCUT2D eigenvalue weighted by Gasteiger charge is -2.27. The number of esters is 1. The van der Waals surface area contributed by atoms with E-state index in [2.05, 4.69) is 20.3 Å². The van der Waals surface area contributed by atoms with Crippen LogP contribution in [-0.4, -0.2) is 83.7 Å². The molecular weight excluding hydrogens is 623 g/mol. The number of nitrogens with zero attached hydrogens (tertiary/aromatic N) is 4. The number of methoxy groups -OCH3 is 1. The number of ether oxygens (including phenoxy) is 5. The molecule has 2 aromatic carbocycles. The molecule has 2 aliphatic rings. The third kappa shape index (κ3) is 11.5. The van der Waals surface area contributed by atoms with E-state index in [1.165, 1.54) is 13.2 Å². The lowest BCUT2D eigenvalue weighted by Crippen LogP contribution is -2.38. The molecule has 3 heterocycles. The summed E-state index contributed by atoms with van der Waals surface area (Å²) in [5.41, 5.74) is 0.918. The molecule has 5 rings (SSSR count). The zero-order chi connectivity index (χ0) is 34.0. The van der Waals surface area contributed by atoms with Crippen LogP contribution in [0, 0.1) is 0 Å². The highest BCUT2D eigenvalue weighted by Crippen LogP contribution is 2.25. The second-order valence-corrected chi connectivity index (χ2v) is 11.6. The molecule has 0 saturated carbocycles. The monoisotopic (exact) mass is 661 g/mol. The van der Waals surface area contributed by atoms with Gasteiger partial charge in [-0.2, -0.15) is 28.1 Å². The summed E-state index contributed by atoms with van der Waals surface area (Å²) in [6.45, 7) is 5.25. The number of carbonyl (C=O) groups is 2. The van der Waals surface area contributed by atoms with E-state index in [9.17, 15) is 22.8 Å². The highest BCUT2D eigenvalue weighted by atomic mass is 19.4. The number of carbonyl (C=O) groups excluding carboxylic acids is 2. The third-order valence-corrected chi connectivity index (χ3v) is 6.54. The van der Waals surface area contributed by atoms with Gasteiger partial charge < -0.3 is 33.9 Å². The van der Waals surface area contributed by atoms with E-state index >= 15 is 0 Å². The van der Waals surface area contributed by atoms with E-state index in [0.29, 0.717) is 43.9 Å². The van der Waals surface area contributed by atoms with Gasteiger partial charge in [-0.1, -0.05) is 18.2 Å². The fourth-order valence-electron chi connectivity index (χ4n) is 4.41. The molecule has 12 nitrogen and oxygen atoms in total. The molecule has 0 radical (unpaired) electrons. The van der Waals surface area contributed by atoms with Gasteiger partial charge in [-0.05, 0) is 69.0 Å². The zero-order valence-electron chi connectivity index (χ0n) is 26.7. The number of halogens is 3. The Hall–Kier alpha value is -4.82. The van der Waals surface area contributed by atoms with Gasteiger partial charge in [-0.25, -0.2) is 9.59 Å². The summed E-state index contributed by atoms with van der Waals surface area (Å²) in [4.78, 5) is 39.5. The van der Waals surface area contributed by atoms with Crippen LogP contribution in [0.25, 0.3) is 0 Å². The fraction of sp³-hybridized carbons (Fsp3) is 0.469. The van der Waals surface area contributed by atoms with Crippen LogP contribution in [0.5, 0.6) is 17.5 Å². The third-order valence-electron chi connectivity index (χ3n) is 6.54. The Morgan fingerprint density at radius 2 is 1.62 bits per heavy atom. The molecule has 1 aromatic heterocycles. The van der Waals surface area contributed by atoms with Crippen molar-refractivity contribution in [3.05, 3.63) is 65.0 Å². The molecule has 0 aliphatic carbocycles. The van der Waals surface area contributed by atoms with E-state index in [1.54, 1.807) is 49.9 Å². The van der Waals surface area contributed by atoms with Crippen molar-refractivity contribution in [3.8, 4) is 17.5 Å². The van der Waals surface area contributed by atoms with Crippen LogP contribution in [0.2, 0.25) is 0 Å². The summed E-state index contributed by atoms with van der Waals surface area (Å²) in [5, 5.41) is 3.01. The summed E-state index contributed by atoms with van der Waals surface area (Å²) in [6.07, 6.45) is -4.05. The number of amides is 1. The minimum atomic E-state index is -4.59. The Morgan fingerprint density at radius 1 is 0.936 bits per heavy atom. The van der Waals surface area contributed by atoms with Crippen LogP contribution in [0.3, 0.4) is 0 Å². The summed E-state index contributed by atoms with van der Waals surface area (Å²) in [5.74, 6) is 0.367. The van der Waals surface area contributed by atoms with Gasteiger partial charge in [0.1, 0.15) is 28.5 Å². The van der Waals surface area contributed by atoms with Gasteiger partial charge in [-0.15, -0.1) is 0 Å². The Morgan fingerprint density at radius 3 is 2.28 bits per heavy atom. The standard InChI is InChI=1S/C32H38F3N5O7/c1-31(2,3)47-30(42)40-13-5-15-44-23-10-7-21(8-11-23)19-36-28-37-26(38-29(39-28)46-20-32(33,34)35)18-22-9-12-24(27(41)43-4)25(17-22)45-16-6-14-40/h7-12,17H,5-6,13-16,18-20H2,1-4H3,(H,36,37,38,39). The van der Waals surface area contributed by atoms with Crippen molar-refractivity contribution in [2.75, 3.05) is 45.3 Å². The average molecular weight is 662 g/mol. The Balaban J connectivity index is 1.63. The Labute approximate surface area is 270 Å². The van der Waals surface area contributed by atoms with Crippen molar-refractivity contribution in [1.29, 1.82) is 0 Å². The number of anilines is 1. The predicted molar refractivity (Wildman–Crippen MR) is 164 cm³/mol. The smallest absolute Gasteiger partial charge is 0.422 e. The molecule has 254 valence electrons. The molecule has 47 heavy (non-hydrogen) atoms. The van der Waals surface area contributed by atoms with Crippen molar-refractivity contribution >= 4 is 18.0 Å². The van der Waals surface area contributed by atoms with Gasteiger partial charge in [0, 0.05) is 26.1 Å². The van der Waals surface area contributed by atoms with E-state index in [1.807, 2.05) is 12.1 Å². The molecule has 3 aromatic rings. The highest BCUT2D eigenvalue weighted by molar-refractivity contribution is 5.92. The first-order valence-corrected chi connectivity index (χ1v) is 15.0. The van der Waals surface area contributed by atoms with Crippen molar-refractivity contribution in [2.45, 2.75) is 58.4 Å². The molecular formula is C32H38F3N5O7. The van der Waals surface area contributed by atoms with E-state index < -0.39 is 36.5 Å². The van der Waals surface area contributed by atoms with Crippen molar-refractivity contribution in [1.82, 2.24) is 19.9 Å². The maximum absolute atomic E-state index is 13.0. The highest BCUT2D eigenvalue weighted by Gasteiger charge is 2.29. The van der Waals surface area contributed by atoms with Crippen LogP contribution in [0.4, 0.5) is 23.9 Å². The molecule has 0 fully saturated rings. The number of benzene rings is 2. The SMILES string of the molecule is COC(=O)c1ccc2cc1OCCCN(C(=O)OC(C)(C)C)CCCOc1ccc(cc1)CNc1nc(nc(OCC(F)(F)F)n1)C2. The minimum absolute atomic E-state index is 0.0202. The molecule has 15 heteroatoms.